The second kappa shape index (κ2) is 7.47. The van der Waals surface area contributed by atoms with Gasteiger partial charge in [-0.15, -0.1) is 0 Å². The van der Waals surface area contributed by atoms with Crippen LogP contribution in [0.4, 0.5) is 11.4 Å². The number of benzene rings is 3. The van der Waals surface area contributed by atoms with Crippen LogP contribution in [0.5, 0.6) is 5.75 Å². The first kappa shape index (κ1) is 18.8. The van der Waals surface area contributed by atoms with Crippen LogP contribution < -0.4 is 15.0 Å². The molecule has 0 aliphatic carbocycles. The number of halogens is 1. The van der Waals surface area contributed by atoms with Crippen molar-refractivity contribution >= 4 is 39.9 Å². The molecule has 5 heteroatoms. The lowest BCUT2D eigenvalue weighted by Gasteiger charge is -2.39. The van der Waals surface area contributed by atoms with Crippen molar-refractivity contribution in [2.24, 2.45) is 0 Å². The SMILES string of the molecule is COc1ccc(N2C(=O)c3cc(I)ccc3N[C@H]2c2ccc(C)cc2C)cc1. The minimum absolute atomic E-state index is 0.0117. The van der Waals surface area contributed by atoms with Crippen molar-refractivity contribution in [2.45, 2.75) is 20.0 Å². The van der Waals surface area contributed by atoms with E-state index in [1.807, 2.05) is 47.4 Å². The maximum absolute atomic E-state index is 13.5. The second-order valence-electron chi connectivity index (χ2n) is 6.97. The molecule has 1 atom stereocenters. The quantitative estimate of drug-likeness (QED) is 0.486. The zero-order valence-corrected chi connectivity index (χ0v) is 18.2. The smallest absolute Gasteiger partial charge is 0.262 e. The molecule has 28 heavy (non-hydrogen) atoms. The van der Waals surface area contributed by atoms with Crippen molar-refractivity contribution in [3.05, 3.63) is 86.5 Å². The Morgan fingerprint density at radius 2 is 1.75 bits per heavy atom. The molecule has 0 saturated heterocycles. The van der Waals surface area contributed by atoms with Crippen LogP contribution in [0.1, 0.15) is 33.2 Å². The van der Waals surface area contributed by atoms with Crippen LogP contribution in [-0.2, 0) is 0 Å². The number of hydrogen-bond donors (Lipinski definition) is 1. The summed E-state index contributed by atoms with van der Waals surface area (Å²) in [5.41, 5.74) is 5.81. The number of hydrogen-bond acceptors (Lipinski definition) is 3. The molecule has 1 N–H and O–H groups in total. The van der Waals surface area contributed by atoms with E-state index in [0.717, 1.165) is 31.8 Å². The third-order valence-corrected chi connectivity index (χ3v) is 5.72. The Balaban J connectivity index is 1.87. The van der Waals surface area contributed by atoms with Gasteiger partial charge in [-0.25, -0.2) is 0 Å². The van der Waals surface area contributed by atoms with Crippen LogP contribution in [0.3, 0.4) is 0 Å². The number of carbonyl (C=O) groups excluding carboxylic acids is 1. The predicted octanol–water partition coefficient (Wildman–Crippen LogP) is 5.69. The lowest BCUT2D eigenvalue weighted by atomic mass is 9.98. The fourth-order valence-electron chi connectivity index (χ4n) is 3.64. The van der Waals surface area contributed by atoms with Crippen molar-refractivity contribution in [3.8, 4) is 5.75 Å². The summed E-state index contributed by atoms with van der Waals surface area (Å²) in [5.74, 6) is 0.751. The van der Waals surface area contributed by atoms with Gasteiger partial charge in [0, 0.05) is 14.9 Å². The topological polar surface area (TPSA) is 41.6 Å². The van der Waals surface area contributed by atoms with Crippen LogP contribution >= 0.6 is 22.6 Å². The zero-order valence-electron chi connectivity index (χ0n) is 16.0. The van der Waals surface area contributed by atoms with E-state index in [1.165, 1.54) is 5.56 Å². The number of rotatable bonds is 3. The molecule has 142 valence electrons. The molecule has 3 aromatic carbocycles. The first-order valence-electron chi connectivity index (χ1n) is 9.09. The van der Waals surface area contributed by atoms with Gasteiger partial charge in [0.1, 0.15) is 11.9 Å². The Bertz CT molecular complexity index is 1050. The largest absolute Gasteiger partial charge is 0.497 e. The van der Waals surface area contributed by atoms with E-state index in [2.05, 4.69) is 60.0 Å². The van der Waals surface area contributed by atoms with Gasteiger partial charge < -0.3 is 10.1 Å². The zero-order chi connectivity index (χ0) is 19.8. The summed E-state index contributed by atoms with van der Waals surface area (Å²) in [6.07, 6.45) is -0.283. The summed E-state index contributed by atoms with van der Waals surface area (Å²) in [6, 6.07) is 19.9. The molecule has 0 bridgehead atoms. The molecule has 0 radical (unpaired) electrons. The summed E-state index contributed by atoms with van der Waals surface area (Å²) in [5, 5.41) is 3.58. The highest BCUT2D eigenvalue weighted by atomic mass is 127. The highest BCUT2D eigenvalue weighted by molar-refractivity contribution is 14.1. The van der Waals surface area contributed by atoms with E-state index in [9.17, 15) is 4.79 Å². The number of methoxy groups -OCH3 is 1. The van der Waals surface area contributed by atoms with E-state index in [0.29, 0.717) is 5.56 Å². The number of amides is 1. The van der Waals surface area contributed by atoms with Crippen LogP contribution in [0.15, 0.2) is 60.7 Å². The first-order chi connectivity index (χ1) is 13.5. The maximum atomic E-state index is 13.5. The van der Waals surface area contributed by atoms with Gasteiger partial charge in [0.2, 0.25) is 0 Å². The van der Waals surface area contributed by atoms with E-state index in [1.54, 1.807) is 7.11 Å². The average molecular weight is 484 g/mol. The van der Waals surface area contributed by atoms with Gasteiger partial charge in [0.15, 0.2) is 0 Å². The van der Waals surface area contributed by atoms with Crippen LogP contribution in [-0.4, -0.2) is 13.0 Å². The number of aryl methyl sites for hydroxylation is 2. The van der Waals surface area contributed by atoms with Gasteiger partial charge in [-0.3, -0.25) is 9.69 Å². The molecule has 1 aliphatic rings. The molecule has 1 heterocycles. The molecule has 0 fully saturated rings. The molecular formula is C23H21IN2O2. The van der Waals surface area contributed by atoms with Crippen molar-refractivity contribution in [3.63, 3.8) is 0 Å². The van der Waals surface area contributed by atoms with E-state index in [4.69, 9.17) is 4.74 Å². The number of nitrogens with one attached hydrogen (secondary N) is 1. The molecule has 1 amide bonds. The Labute approximate surface area is 178 Å². The monoisotopic (exact) mass is 484 g/mol. The number of nitrogens with zero attached hydrogens (tertiary/aromatic N) is 1. The van der Waals surface area contributed by atoms with Crippen molar-refractivity contribution < 1.29 is 9.53 Å². The molecule has 0 unspecified atom stereocenters. The summed E-state index contributed by atoms with van der Waals surface area (Å²) < 4.78 is 6.31. The third kappa shape index (κ3) is 3.35. The third-order valence-electron chi connectivity index (χ3n) is 5.05. The molecule has 0 saturated carbocycles. The molecule has 0 aromatic heterocycles. The number of fused-ring (bicyclic) bond motifs is 1. The molecule has 0 spiro atoms. The molecule has 4 nitrogen and oxygen atoms in total. The minimum Gasteiger partial charge on any atom is -0.497 e. The van der Waals surface area contributed by atoms with Crippen LogP contribution in [0, 0.1) is 17.4 Å². The van der Waals surface area contributed by atoms with E-state index < -0.39 is 0 Å². The van der Waals surface area contributed by atoms with Gasteiger partial charge in [-0.2, -0.15) is 0 Å². The maximum Gasteiger partial charge on any atom is 0.262 e. The number of carbonyl (C=O) groups is 1. The van der Waals surface area contributed by atoms with Crippen molar-refractivity contribution in [1.29, 1.82) is 0 Å². The lowest BCUT2D eigenvalue weighted by molar-refractivity contribution is 0.0974. The Kier molecular flexibility index (Phi) is 5.02. The predicted molar refractivity (Wildman–Crippen MR) is 121 cm³/mol. The fraction of sp³-hybridized carbons (Fsp3) is 0.174. The summed E-state index contributed by atoms with van der Waals surface area (Å²) >= 11 is 2.24. The normalized spacial score (nSPS) is 15.8. The molecular weight excluding hydrogens is 463 g/mol. The summed E-state index contributed by atoms with van der Waals surface area (Å²) in [4.78, 5) is 15.4. The van der Waals surface area contributed by atoms with Gasteiger partial charge in [0.25, 0.3) is 5.91 Å². The van der Waals surface area contributed by atoms with Gasteiger partial charge in [-0.1, -0.05) is 23.8 Å². The lowest BCUT2D eigenvalue weighted by Crippen LogP contribution is -2.43. The Morgan fingerprint density at radius 1 is 1.00 bits per heavy atom. The first-order valence-corrected chi connectivity index (χ1v) is 10.2. The van der Waals surface area contributed by atoms with Crippen LogP contribution in [0.2, 0.25) is 0 Å². The van der Waals surface area contributed by atoms with Crippen molar-refractivity contribution in [1.82, 2.24) is 0 Å². The number of ether oxygens (including phenoxy) is 1. The molecule has 3 aromatic rings. The highest BCUT2D eigenvalue weighted by Crippen LogP contribution is 2.38. The van der Waals surface area contributed by atoms with Crippen molar-refractivity contribution in [2.75, 3.05) is 17.3 Å². The van der Waals surface area contributed by atoms with Gasteiger partial charge in [-0.05, 0) is 90.0 Å². The minimum atomic E-state index is -0.283. The second-order valence-corrected chi connectivity index (χ2v) is 8.22. The van der Waals surface area contributed by atoms with Gasteiger partial charge in [0.05, 0.1) is 12.7 Å². The number of anilines is 2. The summed E-state index contributed by atoms with van der Waals surface area (Å²) in [7, 11) is 1.64. The van der Waals surface area contributed by atoms with E-state index in [-0.39, 0.29) is 12.1 Å². The fourth-order valence-corrected chi connectivity index (χ4v) is 4.13. The highest BCUT2D eigenvalue weighted by Gasteiger charge is 2.35. The Morgan fingerprint density at radius 3 is 2.43 bits per heavy atom. The summed E-state index contributed by atoms with van der Waals surface area (Å²) in [6.45, 7) is 4.17. The van der Waals surface area contributed by atoms with Crippen LogP contribution in [0.25, 0.3) is 0 Å². The Hall–Kier alpha value is -2.54. The molecule has 4 rings (SSSR count). The average Bonchev–Trinajstić information content (AvgIpc) is 2.69. The van der Waals surface area contributed by atoms with E-state index >= 15 is 0 Å². The van der Waals surface area contributed by atoms with Gasteiger partial charge >= 0.3 is 0 Å². The molecule has 1 aliphatic heterocycles. The standard InChI is InChI=1S/C23H21IN2O2/c1-14-4-10-19(15(2)12-14)22-25-21-11-5-16(24)13-20(21)23(27)26(22)17-6-8-18(28-3)9-7-17/h4-13,22,25H,1-3H3/t22-/m1/s1.